The summed E-state index contributed by atoms with van der Waals surface area (Å²) in [7, 11) is 0. The minimum Gasteiger partial charge on any atom is -0.492 e. The van der Waals surface area contributed by atoms with Gasteiger partial charge in [-0.2, -0.15) is 0 Å². The third-order valence-corrected chi connectivity index (χ3v) is 6.74. The number of aldehydes is 1. The Morgan fingerprint density at radius 3 is 2.47 bits per heavy atom. The molecule has 0 bridgehead atoms. The largest absolute Gasteiger partial charge is 0.492 e. The third kappa shape index (κ3) is 6.19. The van der Waals surface area contributed by atoms with Gasteiger partial charge in [-0.15, -0.1) is 0 Å². The normalized spacial score (nSPS) is 19.2. The van der Waals surface area contributed by atoms with Gasteiger partial charge in [-0.05, 0) is 46.9 Å². The number of carbonyl (C=O) groups excluding carboxylic acids is 1. The summed E-state index contributed by atoms with van der Waals surface area (Å²) in [5.41, 5.74) is 4.52. The second-order valence-corrected chi connectivity index (χ2v) is 9.68. The van der Waals surface area contributed by atoms with E-state index in [2.05, 4.69) is 47.9 Å². The summed E-state index contributed by atoms with van der Waals surface area (Å²) in [4.78, 5) is 17.1. The van der Waals surface area contributed by atoms with E-state index in [-0.39, 0.29) is 5.92 Å². The first-order chi connectivity index (χ1) is 16.5. The summed E-state index contributed by atoms with van der Waals surface area (Å²) in [6.45, 7) is 9.26. The minimum absolute atomic E-state index is 0.347. The van der Waals surface area contributed by atoms with Crippen LogP contribution in [0, 0.1) is 11.8 Å². The number of anilines is 1. The van der Waals surface area contributed by atoms with Crippen molar-refractivity contribution in [2.24, 2.45) is 11.8 Å². The zero-order valence-electron chi connectivity index (χ0n) is 20.0. The first kappa shape index (κ1) is 24.3. The molecule has 1 fully saturated rings. The van der Waals surface area contributed by atoms with Crippen molar-refractivity contribution in [3.8, 4) is 0 Å². The Morgan fingerprint density at radius 2 is 1.79 bits per heavy atom. The molecule has 0 spiro atoms. The van der Waals surface area contributed by atoms with Crippen LogP contribution < -0.4 is 4.90 Å². The van der Waals surface area contributed by atoms with Crippen LogP contribution in [0.4, 0.5) is 5.69 Å². The lowest BCUT2D eigenvalue weighted by Crippen LogP contribution is -2.47. The number of hydrogen-bond acceptors (Lipinski definition) is 4. The van der Waals surface area contributed by atoms with Crippen LogP contribution in [-0.2, 0) is 16.1 Å². The predicted molar refractivity (Wildman–Crippen MR) is 140 cm³/mol. The monoisotopic (exact) mass is 476 g/mol. The average molecular weight is 477 g/mol. The van der Waals surface area contributed by atoms with Crippen LogP contribution in [0.25, 0.3) is 0 Å². The third-order valence-electron chi connectivity index (χ3n) is 6.51. The summed E-state index contributed by atoms with van der Waals surface area (Å²) in [6.07, 6.45) is 7.37. The minimum atomic E-state index is -0.373. The first-order valence-electron chi connectivity index (χ1n) is 12.0. The van der Waals surface area contributed by atoms with Crippen LogP contribution in [0.5, 0.6) is 0 Å². The summed E-state index contributed by atoms with van der Waals surface area (Å²) >= 11 is 6.18. The number of benzene rings is 2. The topological polar surface area (TPSA) is 32.8 Å². The van der Waals surface area contributed by atoms with Crippen molar-refractivity contribution in [1.29, 1.82) is 0 Å². The Hall–Kier alpha value is -2.82. The van der Waals surface area contributed by atoms with Crippen molar-refractivity contribution in [3.05, 3.63) is 100 Å². The van der Waals surface area contributed by atoms with Gasteiger partial charge in [0.25, 0.3) is 0 Å². The van der Waals surface area contributed by atoms with Gasteiger partial charge in [-0.25, -0.2) is 0 Å². The van der Waals surface area contributed by atoms with Crippen molar-refractivity contribution >= 4 is 23.6 Å². The van der Waals surface area contributed by atoms with Crippen LogP contribution in [0.15, 0.2) is 89.7 Å². The molecule has 2 aromatic carbocycles. The van der Waals surface area contributed by atoms with Gasteiger partial charge in [0.15, 0.2) is 0 Å². The average Bonchev–Trinajstić information content (AvgIpc) is 3.03. The number of ether oxygens (including phenoxy) is 1. The lowest BCUT2D eigenvalue weighted by molar-refractivity contribution is -0.110. The van der Waals surface area contributed by atoms with E-state index in [4.69, 9.17) is 16.3 Å². The van der Waals surface area contributed by atoms with E-state index in [1.54, 1.807) is 0 Å². The Morgan fingerprint density at radius 1 is 1.03 bits per heavy atom. The van der Waals surface area contributed by atoms with Crippen molar-refractivity contribution in [2.45, 2.75) is 20.5 Å². The molecule has 0 aromatic heterocycles. The number of rotatable bonds is 8. The maximum atomic E-state index is 12.3. The lowest BCUT2D eigenvalue weighted by Gasteiger charge is -2.37. The number of allylic oxidation sites excluding steroid dienone is 5. The van der Waals surface area contributed by atoms with Gasteiger partial charge in [-0.3, -0.25) is 4.90 Å². The molecule has 4 nitrogen and oxygen atoms in total. The van der Waals surface area contributed by atoms with Crippen molar-refractivity contribution < 1.29 is 9.53 Å². The standard InChI is InChI=1S/C29H33ClN2O2/c1-22(2)24-11-12-25(28(20-33)29(17-24)34-21-23-7-4-3-5-8-23)19-31-13-15-32(16-14-31)27-10-6-9-26(30)18-27/h3-12,17-18,20,22,28H,13-16,19,21H2,1-2H3. The zero-order valence-corrected chi connectivity index (χ0v) is 20.7. The molecule has 2 aliphatic rings. The highest BCUT2D eigenvalue weighted by Crippen LogP contribution is 2.29. The van der Waals surface area contributed by atoms with Gasteiger partial charge >= 0.3 is 0 Å². The first-order valence-corrected chi connectivity index (χ1v) is 12.4. The van der Waals surface area contributed by atoms with E-state index in [1.165, 1.54) is 5.57 Å². The molecule has 1 unspecified atom stereocenters. The smallest absolute Gasteiger partial charge is 0.134 e. The number of hydrogen-bond donors (Lipinski definition) is 0. The second-order valence-electron chi connectivity index (χ2n) is 9.24. The Balaban J connectivity index is 1.46. The fourth-order valence-corrected chi connectivity index (χ4v) is 4.61. The van der Waals surface area contributed by atoms with Gasteiger partial charge in [0, 0.05) is 43.4 Å². The Bertz CT molecular complexity index is 1070. The molecule has 5 heteroatoms. The quantitative estimate of drug-likeness (QED) is 0.444. The molecule has 1 aliphatic carbocycles. The Kier molecular flexibility index (Phi) is 8.25. The molecular weight excluding hydrogens is 444 g/mol. The molecule has 1 atom stereocenters. The van der Waals surface area contributed by atoms with Gasteiger partial charge in [0.2, 0.25) is 0 Å². The summed E-state index contributed by atoms with van der Waals surface area (Å²) in [5.74, 6) is 0.710. The van der Waals surface area contributed by atoms with Crippen molar-refractivity contribution in [3.63, 3.8) is 0 Å². The van der Waals surface area contributed by atoms with E-state index in [1.807, 2.05) is 48.5 Å². The molecule has 0 radical (unpaired) electrons. The van der Waals surface area contributed by atoms with Crippen LogP contribution in [0.1, 0.15) is 19.4 Å². The van der Waals surface area contributed by atoms with Crippen LogP contribution in [0.2, 0.25) is 5.02 Å². The van der Waals surface area contributed by atoms with E-state index in [9.17, 15) is 4.79 Å². The van der Waals surface area contributed by atoms with Crippen molar-refractivity contribution in [2.75, 3.05) is 37.6 Å². The van der Waals surface area contributed by atoms with E-state index >= 15 is 0 Å². The van der Waals surface area contributed by atoms with Gasteiger partial charge < -0.3 is 14.4 Å². The molecule has 1 heterocycles. The molecule has 4 rings (SSSR count). The second kappa shape index (κ2) is 11.5. The van der Waals surface area contributed by atoms with Crippen molar-refractivity contribution in [1.82, 2.24) is 4.90 Å². The molecule has 0 amide bonds. The molecule has 0 N–H and O–H groups in total. The fraction of sp³-hybridized carbons (Fsp3) is 0.345. The SMILES string of the molecule is CC(C)C1=CC=C(CN2CCN(c3cccc(Cl)c3)CC2)C(C=O)C(OCc2ccccc2)=C1. The van der Waals surface area contributed by atoms with Crippen LogP contribution in [-0.4, -0.2) is 43.9 Å². The number of carbonyl (C=O) groups is 1. The van der Waals surface area contributed by atoms with Gasteiger partial charge in [0.05, 0.1) is 5.92 Å². The maximum Gasteiger partial charge on any atom is 0.134 e. The van der Waals surface area contributed by atoms with Gasteiger partial charge in [0.1, 0.15) is 18.7 Å². The fourth-order valence-electron chi connectivity index (χ4n) is 4.42. The molecule has 178 valence electrons. The molecular formula is C29H33ClN2O2. The summed E-state index contributed by atoms with van der Waals surface area (Å²) < 4.78 is 6.25. The molecule has 1 aliphatic heterocycles. The zero-order chi connectivity index (χ0) is 23.9. The molecule has 2 aromatic rings. The number of nitrogens with zero attached hydrogens (tertiary/aromatic N) is 2. The number of piperazine rings is 1. The number of halogens is 1. The molecule has 0 saturated carbocycles. The molecule has 1 saturated heterocycles. The lowest BCUT2D eigenvalue weighted by atomic mass is 9.96. The molecule has 34 heavy (non-hydrogen) atoms. The Labute approximate surface area is 208 Å². The highest BCUT2D eigenvalue weighted by atomic mass is 35.5. The van der Waals surface area contributed by atoms with E-state index in [0.29, 0.717) is 12.5 Å². The summed E-state index contributed by atoms with van der Waals surface area (Å²) in [5, 5.41) is 0.764. The van der Waals surface area contributed by atoms with Crippen LogP contribution in [0.3, 0.4) is 0 Å². The summed E-state index contributed by atoms with van der Waals surface area (Å²) in [6, 6.07) is 18.1. The highest BCUT2D eigenvalue weighted by molar-refractivity contribution is 6.30. The van der Waals surface area contributed by atoms with Gasteiger partial charge in [-0.1, -0.05) is 74.0 Å². The van der Waals surface area contributed by atoms with E-state index in [0.717, 1.165) is 66.6 Å². The highest BCUT2D eigenvalue weighted by Gasteiger charge is 2.26. The van der Waals surface area contributed by atoms with E-state index < -0.39 is 0 Å². The maximum absolute atomic E-state index is 12.3. The predicted octanol–water partition coefficient (Wildman–Crippen LogP) is 5.90. The van der Waals surface area contributed by atoms with Crippen LogP contribution >= 0.6 is 11.6 Å².